The molecular formula is C15H11ClN4O4S. The van der Waals surface area contributed by atoms with Crippen molar-refractivity contribution in [2.45, 2.75) is 13.0 Å². The van der Waals surface area contributed by atoms with Crippen LogP contribution in [0.4, 0.5) is 0 Å². The van der Waals surface area contributed by atoms with Gasteiger partial charge < -0.3 is 4.57 Å². The van der Waals surface area contributed by atoms with Gasteiger partial charge in [-0.05, 0) is 24.3 Å². The molecule has 3 aromatic rings. The smallest absolute Gasteiger partial charge is 0.323 e. The second-order valence-electron chi connectivity index (χ2n) is 5.41. The first kappa shape index (κ1) is 16.0. The Kier molecular flexibility index (Phi) is 3.71. The zero-order chi connectivity index (χ0) is 17.6. The Balaban J connectivity index is 1.94. The van der Waals surface area contributed by atoms with Crippen molar-refractivity contribution in [3.8, 4) is 11.4 Å². The molecular weight excluding hydrogens is 368 g/mol. The molecule has 4 rings (SSSR count). The highest BCUT2D eigenvalue weighted by molar-refractivity contribution is 7.80. The first-order chi connectivity index (χ1) is 11.9. The van der Waals surface area contributed by atoms with Crippen molar-refractivity contribution in [3.63, 3.8) is 0 Å². The number of oxime groups is 1. The Bertz CT molecular complexity index is 1110. The molecule has 0 amide bonds. The molecule has 0 fully saturated rings. The van der Waals surface area contributed by atoms with Gasteiger partial charge in [0.05, 0.1) is 16.3 Å². The lowest BCUT2D eigenvalue weighted by Gasteiger charge is -2.18. The van der Waals surface area contributed by atoms with Crippen LogP contribution in [0.2, 0.25) is 5.02 Å². The monoisotopic (exact) mass is 378 g/mol. The second kappa shape index (κ2) is 5.80. The molecule has 0 radical (unpaired) electrons. The van der Waals surface area contributed by atoms with Crippen molar-refractivity contribution < 1.29 is 17.3 Å². The van der Waals surface area contributed by atoms with E-state index in [-0.39, 0.29) is 0 Å². The van der Waals surface area contributed by atoms with Gasteiger partial charge in [0.1, 0.15) is 11.3 Å². The van der Waals surface area contributed by atoms with Crippen molar-refractivity contribution >= 4 is 38.7 Å². The summed E-state index contributed by atoms with van der Waals surface area (Å²) >= 11 is 6.28. The van der Waals surface area contributed by atoms with Gasteiger partial charge in [-0.15, -0.1) is 0 Å². The molecule has 0 bridgehead atoms. The summed E-state index contributed by atoms with van der Waals surface area (Å²) in [5, 5.41) is 4.04. The largest absolute Gasteiger partial charge is 0.466 e. The Morgan fingerprint density at radius 1 is 1.32 bits per heavy atom. The predicted octanol–water partition coefficient (Wildman–Crippen LogP) is 2.68. The highest BCUT2D eigenvalue weighted by atomic mass is 35.5. The average molecular weight is 379 g/mol. The number of nitrogens with zero attached hydrogens (tertiary/aromatic N) is 4. The number of imidazole rings is 1. The van der Waals surface area contributed by atoms with Crippen LogP contribution in [0.15, 0.2) is 41.8 Å². The minimum absolute atomic E-state index is 0.393. The Hall–Kier alpha value is -2.49. The van der Waals surface area contributed by atoms with Crippen molar-refractivity contribution in [1.82, 2.24) is 14.5 Å². The van der Waals surface area contributed by atoms with E-state index in [0.717, 1.165) is 11.1 Å². The standard InChI is InChI=1S/C15H11ClN4O4S/c16-11-4-3-10-12(19-24-25(21,22)23)5-7-20-14(10)13(11)18-15(20)9-2-1-6-17-8-9/h1-4,6,8H,5,7H2,(H,21,22,23)/b19-12+. The lowest BCUT2D eigenvalue weighted by molar-refractivity contribution is 0.281. The van der Waals surface area contributed by atoms with Crippen LogP contribution in [0.3, 0.4) is 0 Å². The van der Waals surface area contributed by atoms with Crippen LogP contribution in [0.1, 0.15) is 12.0 Å². The third kappa shape index (κ3) is 2.86. The van der Waals surface area contributed by atoms with Crippen LogP contribution in [0, 0.1) is 0 Å². The third-order valence-electron chi connectivity index (χ3n) is 3.89. The minimum atomic E-state index is -4.66. The van der Waals surface area contributed by atoms with Gasteiger partial charge in [-0.3, -0.25) is 9.54 Å². The van der Waals surface area contributed by atoms with Crippen LogP contribution >= 0.6 is 11.6 Å². The van der Waals surface area contributed by atoms with Gasteiger partial charge in [-0.1, -0.05) is 16.8 Å². The van der Waals surface area contributed by atoms with E-state index in [0.29, 0.717) is 40.6 Å². The van der Waals surface area contributed by atoms with Gasteiger partial charge in [0.15, 0.2) is 0 Å². The zero-order valence-electron chi connectivity index (χ0n) is 12.6. The molecule has 1 aliphatic rings. The fourth-order valence-corrected chi connectivity index (χ4v) is 3.29. The SMILES string of the molecule is O=S(=O)(O)O/N=C1\CCn2c(-c3cccnc3)nc3c(Cl)ccc1c32. The first-order valence-corrected chi connectivity index (χ1v) is 9.01. The number of halogens is 1. The van der Waals surface area contributed by atoms with Gasteiger partial charge in [0.2, 0.25) is 0 Å². The molecule has 1 aromatic carbocycles. The van der Waals surface area contributed by atoms with Gasteiger partial charge in [-0.2, -0.15) is 8.42 Å². The molecule has 3 heterocycles. The number of aryl methyl sites for hydroxylation is 1. The van der Waals surface area contributed by atoms with Crippen LogP contribution < -0.4 is 0 Å². The summed E-state index contributed by atoms with van der Waals surface area (Å²) in [6.45, 7) is 0.502. The predicted molar refractivity (Wildman–Crippen MR) is 91.8 cm³/mol. The number of rotatable bonds is 3. The van der Waals surface area contributed by atoms with Gasteiger partial charge in [-0.25, -0.2) is 9.27 Å². The summed E-state index contributed by atoms with van der Waals surface area (Å²) in [4.78, 5) is 8.74. The Morgan fingerprint density at radius 2 is 2.16 bits per heavy atom. The lowest BCUT2D eigenvalue weighted by Crippen LogP contribution is -2.17. The van der Waals surface area contributed by atoms with E-state index in [1.807, 2.05) is 16.7 Å². The molecule has 10 heteroatoms. The van der Waals surface area contributed by atoms with E-state index in [1.165, 1.54) is 0 Å². The molecule has 1 aliphatic heterocycles. The molecule has 2 aromatic heterocycles. The summed E-state index contributed by atoms with van der Waals surface area (Å²) in [5.41, 5.74) is 3.20. The summed E-state index contributed by atoms with van der Waals surface area (Å²) in [7, 11) is -4.66. The summed E-state index contributed by atoms with van der Waals surface area (Å²) < 4.78 is 36.5. The highest BCUT2D eigenvalue weighted by Crippen LogP contribution is 2.34. The Morgan fingerprint density at radius 3 is 2.88 bits per heavy atom. The van der Waals surface area contributed by atoms with Crippen LogP contribution in [0.5, 0.6) is 0 Å². The van der Waals surface area contributed by atoms with E-state index < -0.39 is 10.4 Å². The molecule has 0 atom stereocenters. The number of aromatic nitrogens is 3. The fraction of sp³-hybridized carbons (Fsp3) is 0.133. The minimum Gasteiger partial charge on any atom is -0.323 e. The number of hydrogen-bond acceptors (Lipinski definition) is 6. The first-order valence-electron chi connectivity index (χ1n) is 7.26. The van der Waals surface area contributed by atoms with E-state index >= 15 is 0 Å². The molecule has 0 saturated heterocycles. The topological polar surface area (TPSA) is 107 Å². The maximum absolute atomic E-state index is 10.8. The number of hydrogen-bond donors (Lipinski definition) is 1. The van der Waals surface area contributed by atoms with Gasteiger partial charge in [0, 0.05) is 36.5 Å². The maximum atomic E-state index is 10.8. The average Bonchev–Trinajstić information content (AvgIpc) is 2.98. The number of pyridine rings is 1. The summed E-state index contributed by atoms with van der Waals surface area (Å²) in [5.74, 6) is 0.715. The van der Waals surface area contributed by atoms with Crippen molar-refractivity contribution in [1.29, 1.82) is 0 Å². The normalized spacial score (nSPS) is 15.7. The summed E-state index contributed by atoms with van der Waals surface area (Å²) in [6, 6.07) is 7.11. The summed E-state index contributed by atoms with van der Waals surface area (Å²) in [6.07, 6.45) is 3.80. The fourth-order valence-electron chi connectivity index (χ4n) is 2.91. The van der Waals surface area contributed by atoms with E-state index in [1.54, 1.807) is 24.5 Å². The molecule has 0 spiro atoms. The second-order valence-corrected chi connectivity index (χ2v) is 6.82. The zero-order valence-corrected chi connectivity index (χ0v) is 14.2. The molecule has 0 aliphatic carbocycles. The molecule has 0 saturated carbocycles. The van der Waals surface area contributed by atoms with Crippen molar-refractivity contribution in [2.24, 2.45) is 5.16 Å². The molecule has 0 unspecified atom stereocenters. The van der Waals surface area contributed by atoms with E-state index in [2.05, 4.69) is 19.4 Å². The quantitative estimate of drug-likeness (QED) is 0.554. The molecule has 25 heavy (non-hydrogen) atoms. The van der Waals surface area contributed by atoms with E-state index in [4.69, 9.17) is 16.2 Å². The van der Waals surface area contributed by atoms with E-state index in [9.17, 15) is 8.42 Å². The Labute approximate surface area is 147 Å². The maximum Gasteiger partial charge on any atom is 0.466 e. The molecule has 8 nitrogen and oxygen atoms in total. The van der Waals surface area contributed by atoms with Gasteiger partial charge >= 0.3 is 10.4 Å². The van der Waals surface area contributed by atoms with Crippen LogP contribution in [0.25, 0.3) is 22.4 Å². The van der Waals surface area contributed by atoms with Gasteiger partial charge in [0.25, 0.3) is 0 Å². The highest BCUT2D eigenvalue weighted by Gasteiger charge is 2.25. The molecule has 1 N–H and O–H groups in total. The lowest BCUT2D eigenvalue weighted by atomic mass is 10.0. The molecule has 128 valence electrons. The van der Waals surface area contributed by atoms with Crippen molar-refractivity contribution in [3.05, 3.63) is 47.2 Å². The van der Waals surface area contributed by atoms with Crippen LogP contribution in [-0.4, -0.2) is 33.2 Å². The van der Waals surface area contributed by atoms with Crippen LogP contribution in [-0.2, 0) is 21.2 Å². The number of benzene rings is 1. The van der Waals surface area contributed by atoms with Crippen molar-refractivity contribution in [2.75, 3.05) is 0 Å². The third-order valence-corrected chi connectivity index (χ3v) is 4.46.